The van der Waals surface area contributed by atoms with Crippen molar-refractivity contribution in [1.82, 2.24) is 0 Å². The fourth-order valence-electron chi connectivity index (χ4n) is 1.80. The maximum Gasteiger partial charge on any atom is 0.130 e. The van der Waals surface area contributed by atoms with Crippen molar-refractivity contribution < 1.29 is 4.74 Å². The van der Waals surface area contributed by atoms with Crippen LogP contribution in [-0.4, -0.2) is 0 Å². The molecule has 2 aromatic carbocycles. The van der Waals surface area contributed by atoms with Gasteiger partial charge in [-0.05, 0) is 48.2 Å². The monoisotopic (exact) mass is 225 g/mol. The number of hydrogen-bond donors (Lipinski definition) is 0. The van der Waals surface area contributed by atoms with Crippen molar-refractivity contribution >= 4 is 0 Å². The summed E-state index contributed by atoms with van der Waals surface area (Å²) in [5, 5.41) is 0. The lowest BCUT2D eigenvalue weighted by Gasteiger charge is -2.13. The van der Waals surface area contributed by atoms with Crippen LogP contribution in [0.3, 0.4) is 0 Å². The number of ether oxygens (including phenoxy) is 1. The zero-order chi connectivity index (χ0) is 12.3. The Balaban J connectivity index is 2.30. The van der Waals surface area contributed by atoms with Crippen LogP contribution >= 0.6 is 0 Å². The van der Waals surface area contributed by atoms with Crippen LogP contribution < -0.4 is 4.74 Å². The molecule has 0 amide bonds. The largest absolute Gasteiger partial charge is 0.457 e. The third-order valence-electron chi connectivity index (χ3n) is 2.69. The van der Waals surface area contributed by atoms with Gasteiger partial charge in [-0.1, -0.05) is 38.1 Å². The Morgan fingerprint density at radius 3 is 2.59 bits per heavy atom. The van der Waals surface area contributed by atoms with E-state index in [1.54, 1.807) is 0 Å². The SMILES string of the molecule is Cc1[c]ccc(Oc2ccccc2C(C)C)c1. The zero-order valence-corrected chi connectivity index (χ0v) is 10.5. The molecule has 0 fully saturated rings. The second-order valence-corrected chi connectivity index (χ2v) is 4.50. The molecule has 1 radical (unpaired) electrons. The van der Waals surface area contributed by atoms with Gasteiger partial charge >= 0.3 is 0 Å². The average Bonchev–Trinajstić information content (AvgIpc) is 2.29. The van der Waals surface area contributed by atoms with Crippen LogP contribution in [0.15, 0.2) is 42.5 Å². The van der Waals surface area contributed by atoms with Gasteiger partial charge in [0.2, 0.25) is 0 Å². The van der Waals surface area contributed by atoms with Gasteiger partial charge in [0.05, 0.1) is 0 Å². The van der Waals surface area contributed by atoms with Gasteiger partial charge in [-0.25, -0.2) is 0 Å². The van der Waals surface area contributed by atoms with E-state index in [1.807, 2.05) is 43.3 Å². The molecule has 0 unspecified atom stereocenters. The maximum atomic E-state index is 5.93. The summed E-state index contributed by atoms with van der Waals surface area (Å²) < 4.78 is 5.93. The van der Waals surface area contributed by atoms with Crippen molar-refractivity contribution in [3.05, 3.63) is 59.7 Å². The summed E-state index contributed by atoms with van der Waals surface area (Å²) in [7, 11) is 0. The Bertz CT molecular complexity index is 500. The van der Waals surface area contributed by atoms with Gasteiger partial charge in [-0.15, -0.1) is 0 Å². The molecule has 0 bridgehead atoms. The molecule has 0 N–H and O–H groups in total. The van der Waals surface area contributed by atoms with Crippen LogP contribution in [0.25, 0.3) is 0 Å². The molecule has 0 aliphatic carbocycles. The fraction of sp³-hybridized carbons (Fsp3) is 0.250. The van der Waals surface area contributed by atoms with Crippen molar-refractivity contribution in [2.45, 2.75) is 26.7 Å². The van der Waals surface area contributed by atoms with Crippen molar-refractivity contribution in [2.75, 3.05) is 0 Å². The van der Waals surface area contributed by atoms with Crippen molar-refractivity contribution in [3.8, 4) is 11.5 Å². The molecule has 0 heterocycles. The molecule has 0 aromatic heterocycles. The van der Waals surface area contributed by atoms with Crippen LogP contribution in [-0.2, 0) is 0 Å². The molecule has 87 valence electrons. The standard InChI is InChI=1S/C16H17O/c1-12(2)15-9-4-5-10-16(15)17-14-8-6-7-13(3)11-14/h4-6,8-12H,1-3H3. The molecule has 0 aliphatic heterocycles. The van der Waals surface area contributed by atoms with Crippen LogP contribution in [0.5, 0.6) is 11.5 Å². The highest BCUT2D eigenvalue weighted by atomic mass is 16.5. The zero-order valence-electron chi connectivity index (χ0n) is 10.5. The van der Waals surface area contributed by atoms with E-state index in [-0.39, 0.29) is 0 Å². The second kappa shape index (κ2) is 5.05. The highest BCUT2D eigenvalue weighted by molar-refractivity contribution is 5.40. The van der Waals surface area contributed by atoms with Crippen molar-refractivity contribution in [2.24, 2.45) is 0 Å². The number of aryl methyl sites for hydroxylation is 1. The summed E-state index contributed by atoms with van der Waals surface area (Å²) in [6.45, 7) is 6.36. The molecular formula is C16H17O. The molecule has 1 heteroatoms. The molecular weight excluding hydrogens is 208 g/mol. The lowest BCUT2D eigenvalue weighted by atomic mass is 10.0. The van der Waals surface area contributed by atoms with Gasteiger partial charge in [-0.3, -0.25) is 0 Å². The quantitative estimate of drug-likeness (QED) is 0.735. The smallest absolute Gasteiger partial charge is 0.130 e. The van der Waals surface area contributed by atoms with Gasteiger partial charge in [0.25, 0.3) is 0 Å². The average molecular weight is 225 g/mol. The lowest BCUT2D eigenvalue weighted by Crippen LogP contribution is -1.93. The number of benzene rings is 2. The molecule has 0 spiro atoms. The molecule has 0 atom stereocenters. The van der Waals surface area contributed by atoms with E-state index in [0.717, 1.165) is 17.1 Å². The predicted molar refractivity (Wildman–Crippen MR) is 70.6 cm³/mol. The van der Waals surface area contributed by atoms with Crippen molar-refractivity contribution in [3.63, 3.8) is 0 Å². The van der Waals surface area contributed by atoms with E-state index in [2.05, 4.69) is 26.0 Å². The van der Waals surface area contributed by atoms with Crippen LogP contribution in [0.2, 0.25) is 0 Å². The van der Waals surface area contributed by atoms with E-state index in [9.17, 15) is 0 Å². The Labute approximate surface area is 103 Å². The lowest BCUT2D eigenvalue weighted by molar-refractivity contribution is 0.472. The number of hydrogen-bond acceptors (Lipinski definition) is 1. The minimum atomic E-state index is 0.461. The summed E-state index contributed by atoms with van der Waals surface area (Å²) in [6.07, 6.45) is 0. The molecule has 2 rings (SSSR count). The third kappa shape index (κ3) is 2.88. The molecule has 0 aliphatic rings. The Kier molecular flexibility index (Phi) is 3.48. The molecule has 2 aromatic rings. The molecule has 0 saturated carbocycles. The van der Waals surface area contributed by atoms with E-state index >= 15 is 0 Å². The van der Waals surface area contributed by atoms with Gasteiger partial charge in [-0.2, -0.15) is 0 Å². The van der Waals surface area contributed by atoms with E-state index < -0.39 is 0 Å². The Morgan fingerprint density at radius 2 is 1.88 bits per heavy atom. The second-order valence-electron chi connectivity index (χ2n) is 4.50. The summed E-state index contributed by atoms with van der Waals surface area (Å²) in [6, 6.07) is 17.1. The van der Waals surface area contributed by atoms with Gasteiger partial charge in [0, 0.05) is 0 Å². The predicted octanol–water partition coefficient (Wildman–Crippen LogP) is 4.71. The minimum Gasteiger partial charge on any atom is -0.457 e. The molecule has 0 saturated heterocycles. The first-order valence-electron chi connectivity index (χ1n) is 5.92. The highest BCUT2D eigenvalue weighted by Gasteiger charge is 2.07. The van der Waals surface area contributed by atoms with E-state index in [4.69, 9.17) is 4.74 Å². The van der Waals surface area contributed by atoms with Gasteiger partial charge in [0.1, 0.15) is 11.5 Å². The first kappa shape index (κ1) is 11.7. The first-order chi connectivity index (χ1) is 8.16. The van der Waals surface area contributed by atoms with Crippen LogP contribution in [0, 0.1) is 13.0 Å². The summed E-state index contributed by atoms with van der Waals surface area (Å²) >= 11 is 0. The fourth-order valence-corrected chi connectivity index (χ4v) is 1.80. The minimum absolute atomic E-state index is 0.461. The summed E-state index contributed by atoms with van der Waals surface area (Å²) in [5.41, 5.74) is 2.32. The van der Waals surface area contributed by atoms with Crippen molar-refractivity contribution in [1.29, 1.82) is 0 Å². The van der Waals surface area contributed by atoms with E-state index in [0.29, 0.717) is 5.92 Å². The topological polar surface area (TPSA) is 9.23 Å². The summed E-state index contributed by atoms with van der Waals surface area (Å²) in [4.78, 5) is 0. The maximum absolute atomic E-state index is 5.93. The number of rotatable bonds is 3. The highest BCUT2D eigenvalue weighted by Crippen LogP contribution is 2.30. The first-order valence-corrected chi connectivity index (χ1v) is 5.92. The van der Waals surface area contributed by atoms with E-state index in [1.165, 1.54) is 5.56 Å². The summed E-state index contributed by atoms with van der Waals surface area (Å²) in [5.74, 6) is 2.27. The normalized spacial score (nSPS) is 10.6. The van der Waals surface area contributed by atoms with Gasteiger partial charge < -0.3 is 4.74 Å². The van der Waals surface area contributed by atoms with Crippen LogP contribution in [0.4, 0.5) is 0 Å². The van der Waals surface area contributed by atoms with Crippen LogP contribution in [0.1, 0.15) is 30.9 Å². The Morgan fingerprint density at radius 1 is 1.12 bits per heavy atom. The molecule has 17 heavy (non-hydrogen) atoms. The number of para-hydroxylation sites is 1. The Hall–Kier alpha value is -1.76. The van der Waals surface area contributed by atoms with Gasteiger partial charge in [0.15, 0.2) is 0 Å². The third-order valence-corrected chi connectivity index (χ3v) is 2.69. The molecule has 1 nitrogen and oxygen atoms in total.